The molecule has 0 saturated heterocycles. The molecular formula is C22H30BN4OS. The number of imidazole rings is 1. The van der Waals surface area contributed by atoms with Gasteiger partial charge >= 0.3 is 0 Å². The molecule has 1 aromatic heterocycles. The summed E-state index contributed by atoms with van der Waals surface area (Å²) in [5, 5.41) is 0. The van der Waals surface area contributed by atoms with Gasteiger partial charge in [-0.05, 0) is 12.3 Å². The smallest absolute Gasteiger partial charge is 0.241 e. The molecule has 1 aliphatic heterocycles. The van der Waals surface area contributed by atoms with Gasteiger partial charge in [0, 0.05) is 30.6 Å². The maximum atomic E-state index is 13.0. The van der Waals surface area contributed by atoms with E-state index >= 15 is 0 Å². The average Bonchev–Trinajstić information content (AvgIpc) is 3.17. The summed E-state index contributed by atoms with van der Waals surface area (Å²) in [7, 11) is 2.11. The van der Waals surface area contributed by atoms with Gasteiger partial charge < -0.3 is 15.2 Å². The van der Waals surface area contributed by atoms with Crippen LogP contribution in [0.1, 0.15) is 50.4 Å². The molecule has 5 nitrogen and oxygen atoms in total. The van der Waals surface area contributed by atoms with Crippen LogP contribution in [0.2, 0.25) is 0 Å². The third kappa shape index (κ3) is 4.72. The molecule has 1 fully saturated rings. The van der Waals surface area contributed by atoms with Gasteiger partial charge in [-0.2, -0.15) is 12.6 Å². The van der Waals surface area contributed by atoms with E-state index in [1.807, 2.05) is 23.1 Å². The van der Waals surface area contributed by atoms with Crippen molar-refractivity contribution in [3.05, 3.63) is 42.4 Å². The summed E-state index contributed by atoms with van der Waals surface area (Å²) in [6.07, 6.45) is 9.52. The van der Waals surface area contributed by atoms with Crippen molar-refractivity contribution < 1.29 is 4.79 Å². The van der Waals surface area contributed by atoms with Crippen LogP contribution in [0.5, 0.6) is 0 Å². The maximum absolute atomic E-state index is 13.0. The molecule has 29 heavy (non-hydrogen) atoms. The largest absolute Gasteiger partial charge is 0.332 e. The fourth-order valence-corrected chi connectivity index (χ4v) is 4.88. The fraction of sp³-hybridized carbons (Fsp3) is 0.545. The number of hydrogen-bond acceptors (Lipinski definition) is 4. The van der Waals surface area contributed by atoms with E-state index in [0.29, 0.717) is 18.2 Å². The molecule has 7 heteroatoms. The molecule has 153 valence electrons. The number of amides is 1. The Kier molecular flexibility index (Phi) is 6.65. The molecule has 1 aliphatic carbocycles. The number of carbonyl (C=O) groups excluding carboxylic acids is 1. The Morgan fingerprint density at radius 3 is 2.69 bits per heavy atom. The predicted octanol–water partition coefficient (Wildman–Crippen LogP) is 1.65. The van der Waals surface area contributed by atoms with Crippen LogP contribution in [0.4, 0.5) is 0 Å². The van der Waals surface area contributed by atoms with Crippen LogP contribution < -0.4 is 16.8 Å². The minimum atomic E-state index is -0.552. The number of nitrogens with zero attached hydrogens (tertiary/aromatic N) is 3. The van der Waals surface area contributed by atoms with E-state index in [1.165, 1.54) is 32.1 Å². The molecule has 2 N–H and O–H groups in total. The van der Waals surface area contributed by atoms with Crippen molar-refractivity contribution in [2.75, 3.05) is 12.3 Å². The Labute approximate surface area is 179 Å². The topological polar surface area (TPSA) is 64.2 Å². The lowest BCUT2D eigenvalue weighted by molar-refractivity contribution is -0.136. The zero-order chi connectivity index (χ0) is 20.2. The summed E-state index contributed by atoms with van der Waals surface area (Å²) < 4.78 is 2.23. The van der Waals surface area contributed by atoms with Gasteiger partial charge in [0.05, 0.1) is 12.1 Å². The molecule has 0 bridgehead atoms. The van der Waals surface area contributed by atoms with Gasteiger partial charge in [-0.15, -0.1) is 0 Å². The normalized spacial score (nSPS) is 20.9. The highest BCUT2D eigenvalue weighted by Crippen LogP contribution is 2.36. The first-order valence-corrected chi connectivity index (χ1v) is 11.4. The summed E-state index contributed by atoms with van der Waals surface area (Å²) in [6.45, 7) is 1.45. The van der Waals surface area contributed by atoms with Crippen molar-refractivity contribution in [3.8, 4) is 0 Å². The summed E-state index contributed by atoms with van der Waals surface area (Å²) in [5.74, 6) is 2.03. The first-order chi connectivity index (χ1) is 14.2. The highest BCUT2D eigenvalue weighted by atomic mass is 32.1. The minimum Gasteiger partial charge on any atom is -0.332 e. The van der Waals surface area contributed by atoms with Crippen molar-refractivity contribution in [1.29, 1.82) is 0 Å². The van der Waals surface area contributed by atoms with Gasteiger partial charge in [0.2, 0.25) is 13.2 Å². The van der Waals surface area contributed by atoms with Crippen molar-refractivity contribution >= 4 is 36.9 Å². The molecule has 2 heterocycles. The van der Waals surface area contributed by atoms with Crippen LogP contribution in [0, 0.1) is 5.92 Å². The van der Waals surface area contributed by atoms with Gasteiger partial charge in [0.25, 0.3) is 0 Å². The Morgan fingerprint density at radius 1 is 1.21 bits per heavy atom. The second-order valence-electron chi connectivity index (χ2n) is 8.35. The molecule has 1 saturated carbocycles. The number of thiol groups is 1. The van der Waals surface area contributed by atoms with Gasteiger partial charge in [0.15, 0.2) is 0 Å². The van der Waals surface area contributed by atoms with E-state index < -0.39 is 6.04 Å². The number of carbonyl (C=O) groups is 1. The molecule has 1 aromatic carbocycles. The lowest BCUT2D eigenvalue weighted by Gasteiger charge is -2.39. The lowest BCUT2D eigenvalue weighted by Crippen LogP contribution is -2.50. The third-order valence-electron chi connectivity index (χ3n) is 6.27. The second-order valence-corrected chi connectivity index (χ2v) is 8.71. The molecule has 1 amide bonds. The number of hydrogen-bond donors (Lipinski definition) is 2. The molecule has 2 atom stereocenters. The Bertz CT molecular complexity index is 821. The first-order valence-electron chi connectivity index (χ1n) is 10.8. The highest BCUT2D eigenvalue weighted by molar-refractivity contribution is 7.80. The number of benzene rings is 1. The van der Waals surface area contributed by atoms with Crippen LogP contribution in [-0.4, -0.2) is 46.0 Å². The van der Waals surface area contributed by atoms with Gasteiger partial charge in [-0.3, -0.25) is 4.79 Å². The van der Waals surface area contributed by atoms with Gasteiger partial charge in [0.1, 0.15) is 5.82 Å². The zero-order valence-corrected chi connectivity index (χ0v) is 17.8. The highest BCUT2D eigenvalue weighted by Gasteiger charge is 2.36. The quantitative estimate of drug-likeness (QED) is 0.563. The predicted molar refractivity (Wildman–Crippen MR) is 121 cm³/mol. The number of fused-ring (bicyclic) bond motifs is 1. The Hall–Kier alpha value is -1.73. The minimum absolute atomic E-state index is 0.00297. The van der Waals surface area contributed by atoms with Crippen LogP contribution >= 0.6 is 12.6 Å². The van der Waals surface area contributed by atoms with E-state index in [1.54, 1.807) is 0 Å². The van der Waals surface area contributed by atoms with Crippen molar-refractivity contribution in [1.82, 2.24) is 14.5 Å². The first kappa shape index (κ1) is 20.5. The Morgan fingerprint density at radius 2 is 1.97 bits per heavy atom. The van der Waals surface area contributed by atoms with E-state index in [-0.39, 0.29) is 11.9 Å². The summed E-state index contributed by atoms with van der Waals surface area (Å²) >= 11 is 4.25. The van der Waals surface area contributed by atoms with Crippen LogP contribution in [0.15, 0.2) is 36.5 Å². The monoisotopic (exact) mass is 409 g/mol. The SMILES string of the molecule is N[C@@H](CS)C(=O)N1CCn2cc([B]c3ccccc3)nc2[C@@H]1CC1CCCCC1. The number of nitrogens with two attached hydrogens (primary N) is 1. The maximum Gasteiger partial charge on any atom is 0.241 e. The number of rotatable bonds is 6. The van der Waals surface area contributed by atoms with Crippen molar-refractivity contribution in [2.45, 2.75) is 57.2 Å². The van der Waals surface area contributed by atoms with E-state index in [9.17, 15) is 4.79 Å². The van der Waals surface area contributed by atoms with Crippen molar-refractivity contribution in [3.63, 3.8) is 0 Å². The molecule has 0 unspecified atom stereocenters. The molecule has 4 rings (SSSR count). The summed E-state index contributed by atoms with van der Waals surface area (Å²) in [6, 6.07) is 9.70. The molecule has 2 aromatic rings. The molecule has 1 radical (unpaired) electrons. The zero-order valence-electron chi connectivity index (χ0n) is 16.9. The van der Waals surface area contributed by atoms with Crippen molar-refractivity contribution in [2.24, 2.45) is 11.7 Å². The Balaban J connectivity index is 1.60. The average molecular weight is 409 g/mol. The van der Waals surface area contributed by atoms with E-state index in [0.717, 1.165) is 29.8 Å². The van der Waals surface area contributed by atoms with Crippen LogP contribution in [-0.2, 0) is 11.3 Å². The fourth-order valence-electron chi connectivity index (χ4n) is 4.72. The molecule has 0 spiro atoms. The molecular weight excluding hydrogens is 379 g/mol. The third-order valence-corrected chi connectivity index (χ3v) is 6.67. The van der Waals surface area contributed by atoms with Gasteiger partial charge in [-0.25, -0.2) is 4.98 Å². The number of aromatic nitrogens is 2. The van der Waals surface area contributed by atoms with E-state index in [4.69, 9.17) is 10.7 Å². The van der Waals surface area contributed by atoms with Gasteiger partial charge in [-0.1, -0.05) is 67.9 Å². The standard InChI is InChI=1S/C22H30BN4OS/c24-18(15-29)22(28)27-12-11-26-14-20(23-17-9-5-2-6-10-17)25-21(26)19(27)13-16-7-3-1-4-8-16/h2,5-6,9-10,14,16,18-19,29H,1,3-4,7-8,11-13,15,24H2/t18-,19-/m0/s1. The van der Waals surface area contributed by atoms with Crippen LogP contribution in [0.25, 0.3) is 0 Å². The summed E-state index contributed by atoms with van der Waals surface area (Å²) in [5.41, 5.74) is 8.16. The summed E-state index contributed by atoms with van der Waals surface area (Å²) in [4.78, 5) is 19.9. The molecule has 2 aliphatic rings. The second kappa shape index (κ2) is 9.39. The van der Waals surface area contributed by atoms with Crippen LogP contribution in [0.3, 0.4) is 0 Å². The van der Waals surface area contributed by atoms with E-state index in [2.05, 4.69) is 42.8 Å². The lowest BCUT2D eigenvalue weighted by atomic mass is 9.67.